The molecule has 0 fully saturated rings. The SMILES string of the molecule is CCOC(C)CNC(=O)c1cncc(O)c1. The first-order valence-electron chi connectivity index (χ1n) is 5.17. The van der Waals surface area contributed by atoms with Crippen molar-refractivity contribution in [2.75, 3.05) is 13.2 Å². The Balaban J connectivity index is 2.47. The smallest absolute Gasteiger partial charge is 0.253 e. The third-order valence-corrected chi connectivity index (χ3v) is 1.99. The van der Waals surface area contributed by atoms with Crippen LogP contribution in [0.2, 0.25) is 0 Å². The zero-order chi connectivity index (χ0) is 12.0. The monoisotopic (exact) mass is 224 g/mol. The molecule has 0 aromatic carbocycles. The highest BCUT2D eigenvalue weighted by molar-refractivity contribution is 5.94. The molecule has 0 saturated heterocycles. The van der Waals surface area contributed by atoms with Crippen LogP contribution in [0.3, 0.4) is 0 Å². The molecule has 0 bridgehead atoms. The minimum atomic E-state index is -0.269. The van der Waals surface area contributed by atoms with E-state index >= 15 is 0 Å². The van der Waals surface area contributed by atoms with Crippen molar-refractivity contribution >= 4 is 5.91 Å². The zero-order valence-corrected chi connectivity index (χ0v) is 9.43. The molecular weight excluding hydrogens is 208 g/mol. The first kappa shape index (κ1) is 12.4. The molecule has 0 aliphatic carbocycles. The number of hydrogen-bond donors (Lipinski definition) is 2. The predicted octanol–water partition coefficient (Wildman–Crippen LogP) is 0.942. The lowest BCUT2D eigenvalue weighted by Gasteiger charge is -2.12. The standard InChI is InChI=1S/C11H16N2O3/c1-3-16-8(2)5-13-11(15)9-4-10(14)7-12-6-9/h4,6-8,14H,3,5H2,1-2H3,(H,13,15). The quantitative estimate of drug-likeness (QED) is 0.780. The molecule has 5 heteroatoms. The topological polar surface area (TPSA) is 71.5 Å². The molecular formula is C11H16N2O3. The summed E-state index contributed by atoms with van der Waals surface area (Å²) in [6, 6.07) is 1.37. The summed E-state index contributed by atoms with van der Waals surface area (Å²) in [6.07, 6.45) is 2.65. The van der Waals surface area contributed by atoms with E-state index in [2.05, 4.69) is 10.3 Å². The van der Waals surface area contributed by atoms with Crippen LogP contribution in [0, 0.1) is 0 Å². The number of aromatic hydroxyl groups is 1. The molecule has 1 atom stereocenters. The number of nitrogens with zero attached hydrogens (tertiary/aromatic N) is 1. The zero-order valence-electron chi connectivity index (χ0n) is 9.43. The fourth-order valence-electron chi connectivity index (χ4n) is 1.23. The van der Waals surface area contributed by atoms with Gasteiger partial charge in [-0.2, -0.15) is 0 Å². The molecule has 1 unspecified atom stereocenters. The summed E-state index contributed by atoms with van der Waals surface area (Å²) >= 11 is 0. The highest BCUT2D eigenvalue weighted by Gasteiger charge is 2.08. The molecule has 1 aromatic heterocycles. The molecule has 88 valence electrons. The lowest BCUT2D eigenvalue weighted by Crippen LogP contribution is -2.32. The van der Waals surface area contributed by atoms with Gasteiger partial charge in [0.05, 0.1) is 17.9 Å². The molecule has 1 amide bonds. The van der Waals surface area contributed by atoms with Crippen molar-refractivity contribution in [1.82, 2.24) is 10.3 Å². The van der Waals surface area contributed by atoms with Crippen LogP contribution in [0.5, 0.6) is 5.75 Å². The number of aromatic nitrogens is 1. The van der Waals surface area contributed by atoms with Gasteiger partial charge in [0.2, 0.25) is 0 Å². The maximum atomic E-state index is 11.6. The van der Waals surface area contributed by atoms with E-state index in [-0.39, 0.29) is 17.8 Å². The number of amides is 1. The highest BCUT2D eigenvalue weighted by atomic mass is 16.5. The van der Waals surface area contributed by atoms with E-state index in [4.69, 9.17) is 9.84 Å². The number of carbonyl (C=O) groups is 1. The van der Waals surface area contributed by atoms with Crippen molar-refractivity contribution in [3.05, 3.63) is 24.0 Å². The van der Waals surface area contributed by atoms with Gasteiger partial charge in [-0.1, -0.05) is 0 Å². The van der Waals surface area contributed by atoms with E-state index in [1.54, 1.807) is 0 Å². The normalized spacial score (nSPS) is 12.1. The van der Waals surface area contributed by atoms with Crippen molar-refractivity contribution in [1.29, 1.82) is 0 Å². The fourth-order valence-corrected chi connectivity index (χ4v) is 1.23. The van der Waals surface area contributed by atoms with Gasteiger partial charge in [-0.25, -0.2) is 0 Å². The average molecular weight is 224 g/mol. The second-order valence-electron chi connectivity index (χ2n) is 3.41. The second-order valence-corrected chi connectivity index (χ2v) is 3.41. The third kappa shape index (κ3) is 3.86. The van der Waals surface area contributed by atoms with Gasteiger partial charge in [-0.05, 0) is 19.9 Å². The largest absolute Gasteiger partial charge is 0.506 e. The van der Waals surface area contributed by atoms with Gasteiger partial charge in [0, 0.05) is 19.3 Å². The first-order valence-corrected chi connectivity index (χ1v) is 5.17. The predicted molar refractivity (Wildman–Crippen MR) is 59.3 cm³/mol. The number of hydrogen-bond acceptors (Lipinski definition) is 4. The van der Waals surface area contributed by atoms with Crippen LogP contribution in [0.25, 0.3) is 0 Å². The van der Waals surface area contributed by atoms with E-state index < -0.39 is 0 Å². The van der Waals surface area contributed by atoms with Gasteiger partial charge in [0.1, 0.15) is 5.75 Å². The molecule has 0 aliphatic heterocycles. The van der Waals surface area contributed by atoms with Crippen LogP contribution in [-0.4, -0.2) is 35.3 Å². The summed E-state index contributed by atoms with van der Waals surface area (Å²) < 4.78 is 5.27. The Labute approximate surface area is 94.5 Å². The minimum absolute atomic E-state index is 0.0227. The van der Waals surface area contributed by atoms with E-state index in [1.807, 2.05) is 13.8 Å². The molecule has 1 heterocycles. The Morgan fingerprint density at radius 2 is 2.38 bits per heavy atom. The number of carbonyl (C=O) groups excluding carboxylic acids is 1. The minimum Gasteiger partial charge on any atom is -0.506 e. The Kier molecular flexibility index (Phi) is 4.72. The van der Waals surface area contributed by atoms with Crippen LogP contribution < -0.4 is 5.32 Å². The van der Waals surface area contributed by atoms with E-state index in [1.165, 1.54) is 18.5 Å². The summed E-state index contributed by atoms with van der Waals surface area (Å²) in [5.41, 5.74) is 0.337. The number of ether oxygens (including phenoxy) is 1. The summed E-state index contributed by atoms with van der Waals surface area (Å²) in [4.78, 5) is 15.3. The summed E-state index contributed by atoms with van der Waals surface area (Å²) in [5, 5.41) is 11.9. The molecule has 2 N–H and O–H groups in total. The Bertz CT molecular complexity index is 355. The number of nitrogens with one attached hydrogen (secondary N) is 1. The maximum Gasteiger partial charge on any atom is 0.253 e. The first-order chi connectivity index (χ1) is 7.63. The van der Waals surface area contributed by atoms with Crippen LogP contribution >= 0.6 is 0 Å². The van der Waals surface area contributed by atoms with Crippen molar-refractivity contribution < 1.29 is 14.6 Å². The van der Waals surface area contributed by atoms with Crippen molar-refractivity contribution in [3.63, 3.8) is 0 Å². The van der Waals surface area contributed by atoms with Crippen LogP contribution in [-0.2, 0) is 4.74 Å². The molecule has 5 nitrogen and oxygen atoms in total. The summed E-state index contributed by atoms with van der Waals surface area (Å²) in [6.45, 7) is 4.83. The van der Waals surface area contributed by atoms with Crippen LogP contribution in [0.15, 0.2) is 18.5 Å². The second kappa shape index (κ2) is 6.07. The number of rotatable bonds is 5. The Hall–Kier alpha value is -1.62. The van der Waals surface area contributed by atoms with Gasteiger partial charge in [-0.3, -0.25) is 9.78 Å². The van der Waals surface area contributed by atoms with Gasteiger partial charge in [-0.15, -0.1) is 0 Å². The van der Waals surface area contributed by atoms with E-state index in [0.29, 0.717) is 18.7 Å². The molecule has 1 aromatic rings. The molecule has 16 heavy (non-hydrogen) atoms. The Morgan fingerprint density at radius 3 is 3.00 bits per heavy atom. The maximum absolute atomic E-state index is 11.6. The van der Waals surface area contributed by atoms with Gasteiger partial charge in [0.15, 0.2) is 0 Å². The average Bonchev–Trinajstić information content (AvgIpc) is 2.26. The summed E-state index contributed by atoms with van der Waals surface area (Å²) in [7, 11) is 0. The van der Waals surface area contributed by atoms with Crippen LogP contribution in [0.1, 0.15) is 24.2 Å². The molecule has 0 radical (unpaired) electrons. The van der Waals surface area contributed by atoms with Crippen molar-refractivity contribution in [2.24, 2.45) is 0 Å². The van der Waals surface area contributed by atoms with Gasteiger partial charge >= 0.3 is 0 Å². The number of pyridine rings is 1. The van der Waals surface area contributed by atoms with Crippen molar-refractivity contribution in [2.45, 2.75) is 20.0 Å². The molecule has 0 aliphatic rings. The van der Waals surface area contributed by atoms with Gasteiger partial charge < -0.3 is 15.2 Å². The summed E-state index contributed by atoms with van der Waals surface area (Å²) in [5.74, 6) is -0.291. The van der Waals surface area contributed by atoms with E-state index in [0.717, 1.165) is 0 Å². The van der Waals surface area contributed by atoms with Gasteiger partial charge in [0.25, 0.3) is 5.91 Å². The lowest BCUT2D eigenvalue weighted by atomic mass is 10.2. The van der Waals surface area contributed by atoms with Crippen molar-refractivity contribution in [3.8, 4) is 5.75 Å². The van der Waals surface area contributed by atoms with E-state index in [9.17, 15) is 4.79 Å². The molecule has 1 rings (SSSR count). The third-order valence-electron chi connectivity index (χ3n) is 1.99. The molecule has 0 spiro atoms. The fraction of sp³-hybridized carbons (Fsp3) is 0.455. The van der Waals surface area contributed by atoms with Crippen LogP contribution in [0.4, 0.5) is 0 Å². The Morgan fingerprint density at radius 1 is 1.62 bits per heavy atom. The highest BCUT2D eigenvalue weighted by Crippen LogP contribution is 2.07. The lowest BCUT2D eigenvalue weighted by molar-refractivity contribution is 0.0695. The molecule has 0 saturated carbocycles.